The molecule has 0 N–H and O–H groups in total. The number of rotatable bonds is 2. The van der Waals surface area contributed by atoms with Crippen molar-refractivity contribution in [2.24, 2.45) is 0 Å². The van der Waals surface area contributed by atoms with Crippen LogP contribution in [0.4, 0.5) is 0 Å². The lowest BCUT2D eigenvalue weighted by Crippen LogP contribution is -2.41. The molecule has 4 rings (SSSR count). The van der Waals surface area contributed by atoms with Crippen molar-refractivity contribution in [2.75, 3.05) is 6.54 Å². The molecule has 120 valence electrons. The second kappa shape index (κ2) is 5.18. The average Bonchev–Trinajstić information content (AvgIpc) is 3.29. The molecule has 1 aromatic heterocycles. The Labute approximate surface area is 136 Å². The lowest BCUT2D eigenvalue weighted by atomic mass is 10.0. The summed E-state index contributed by atoms with van der Waals surface area (Å²) in [7, 11) is 0. The lowest BCUT2D eigenvalue weighted by molar-refractivity contribution is 0.0630. The predicted molar refractivity (Wildman–Crippen MR) is 87.4 cm³/mol. The number of carbonyl (C=O) groups is 1. The Balaban J connectivity index is 1.64. The molecule has 0 bridgehead atoms. The van der Waals surface area contributed by atoms with Gasteiger partial charge in [-0.15, -0.1) is 0 Å². The van der Waals surface area contributed by atoms with E-state index in [4.69, 9.17) is 4.98 Å². The number of aromatic nitrogens is 3. The van der Waals surface area contributed by atoms with Crippen LogP contribution in [0.5, 0.6) is 0 Å². The van der Waals surface area contributed by atoms with Gasteiger partial charge in [-0.05, 0) is 45.2 Å². The standard InChI is InChI=1S/C18H22N4O/c1-11-4-5-12(2)15(10-11)18(23)21-8-9-22-17(13(21)3)19-16(20-22)14-6-7-14/h4-5,10,13-14H,6-9H2,1-3H3/t13-/m1/s1. The molecule has 1 aliphatic carbocycles. The number of aryl methyl sites for hydroxylation is 2. The third kappa shape index (κ3) is 2.44. The summed E-state index contributed by atoms with van der Waals surface area (Å²) in [6.07, 6.45) is 2.39. The first-order valence-electron chi connectivity index (χ1n) is 8.37. The van der Waals surface area contributed by atoms with Crippen LogP contribution in [0, 0.1) is 13.8 Å². The van der Waals surface area contributed by atoms with Crippen molar-refractivity contribution in [1.82, 2.24) is 19.7 Å². The van der Waals surface area contributed by atoms with Gasteiger partial charge < -0.3 is 4.90 Å². The molecule has 2 aromatic rings. The minimum Gasteiger partial charge on any atom is -0.327 e. The number of hydrogen-bond acceptors (Lipinski definition) is 3. The quantitative estimate of drug-likeness (QED) is 0.857. The first-order valence-corrected chi connectivity index (χ1v) is 8.37. The van der Waals surface area contributed by atoms with E-state index >= 15 is 0 Å². The van der Waals surface area contributed by atoms with Gasteiger partial charge in [0.1, 0.15) is 5.82 Å². The fourth-order valence-corrected chi connectivity index (χ4v) is 3.29. The summed E-state index contributed by atoms with van der Waals surface area (Å²) in [6, 6.07) is 6.02. The maximum absolute atomic E-state index is 13.0. The van der Waals surface area contributed by atoms with Crippen molar-refractivity contribution >= 4 is 5.91 Å². The van der Waals surface area contributed by atoms with E-state index in [0.29, 0.717) is 12.5 Å². The van der Waals surface area contributed by atoms with Gasteiger partial charge in [-0.2, -0.15) is 5.10 Å². The number of benzene rings is 1. The zero-order valence-electron chi connectivity index (χ0n) is 13.9. The number of amides is 1. The number of fused-ring (bicyclic) bond motifs is 1. The van der Waals surface area contributed by atoms with Crippen molar-refractivity contribution in [1.29, 1.82) is 0 Å². The van der Waals surface area contributed by atoms with Gasteiger partial charge in [-0.3, -0.25) is 4.79 Å². The number of nitrogens with zero attached hydrogens (tertiary/aromatic N) is 4. The fraction of sp³-hybridized carbons (Fsp3) is 0.500. The zero-order chi connectivity index (χ0) is 16.1. The van der Waals surface area contributed by atoms with E-state index in [1.54, 1.807) is 0 Å². The highest BCUT2D eigenvalue weighted by atomic mass is 16.2. The van der Waals surface area contributed by atoms with Crippen molar-refractivity contribution in [3.8, 4) is 0 Å². The summed E-state index contributed by atoms with van der Waals surface area (Å²) in [4.78, 5) is 19.7. The second-order valence-corrected chi connectivity index (χ2v) is 6.82. The molecular weight excluding hydrogens is 288 g/mol. The van der Waals surface area contributed by atoms with Gasteiger partial charge in [0.25, 0.3) is 5.91 Å². The van der Waals surface area contributed by atoms with Crippen molar-refractivity contribution in [2.45, 2.75) is 52.1 Å². The monoisotopic (exact) mass is 310 g/mol. The van der Waals surface area contributed by atoms with Gasteiger partial charge in [0.15, 0.2) is 5.82 Å². The summed E-state index contributed by atoms with van der Waals surface area (Å²) in [5.41, 5.74) is 2.94. The van der Waals surface area contributed by atoms with Gasteiger partial charge in [-0.1, -0.05) is 17.7 Å². The second-order valence-electron chi connectivity index (χ2n) is 6.82. The maximum atomic E-state index is 13.0. The largest absolute Gasteiger partial charge is 0.327 e. The van der Waals surface area contributed by atoms with Crippen LogP contribution in [0.2, 0.25) is 0 Å². The summed E-state index contributed by atoms with van der Waals surface area (Å²) < 4.78 is 1.99. The number of carbonyl (C=O) groups excluding carboxylic acids is 1. The highest BCUT2D eigenvalue weighted by Gasteiger charge is 2.35. The molecule has 2 heterocycles. The molecule has 5 heteroatoms. The Bertz CT molecular complexity index is 775. The summed E-state index contributed by atoms with van der Waals surface area (Å²) in [6.45, 7) is 7.49. The molecule has 1 atom stereocenters. The van der Waals surface area contributed by atoms with Crippen LogP contribution in [-0.4, -0.2) is 32.1 Å². The normalized spacial score (nSPS) is 20.5. The van der Waals surface area contributed by atoms with Crippen LogP contribution in [-0.2, 0) is 6.54 Å². The van der Waals surface area contributed by atoms with Gasteiger partial charge in [-0.25, -0.2) is 9.67 Å². The molecule has 0 saturated heterocycles. The molecule has 2 aliphatic rings. The third-order valence-corrected chi connectivity index (χ3v) is 4.94. The van der Waals surface area contributed by atoms with E-state index in [9.17, 15) is 4.79 Å². The van der Waals surface area contributed by atoms with Crippen LogP contribution in [0.15, 0.2) is 18.2 Å². The van der Waals surface area contributed by atoms with E-state index in [0.717, 1.165) is 34.9 Å². The Kier molecular flexibility index (Phi) is 3.25. The van der Waals surface area contributed by atoms with E-state index < -0.39 is 0 Å². The van der Waals surface area contributed by atoms with E-state index in [1.807, 2.05) is 41.6 Å². The Morgan fingerprint density at radius 3 is 2.74 bits per heavy atom. The molecule has 5 nitrogen and oxygen atoms in total. The molecule has 1 fully saturated rings. The van der Waals surface area contributed by atoms with Crippen LogP contribution in [0.1, 0.15) is 64.9 Å². The smallest absolute Gasteiger partial charge is 0.254 e. The number of hydrogen-bond donors (Lipinski definition) is 0. The molecular formula is C18H22N4O. The minimum absolute atomic E-state index is 0.0313. The van der Waals surface area contributed by atoms with Crippen LogP contribution < -0.4 is 0 Å². The van der Waals surface area contributed by atoms with E-state index in [2.05, 4.69) is 12.0 Å². The minimum atomic E-state index is -0.0313. The van der Waals surface area contributed by atoms with Gasteiger partial charge in [0.2, 0.25) is 0 Å². The predicted octanol–water partition coefficient (Wildman–Crippen LogP) is 2.99. The Morgan fingerprint density at radius 2 is 2.00 bits per heavy atom. The molecule has 1 saturated carbocycles. The first kappa shape index (κ1) is 14.4. The highest BCUT2D eigenvalue weighted by molar-refractivity contribution is 5.96. The lowest BCUT2D eigenvalue weighted by Gasteiger charge is -2.33. The van der Waals surface area contributed by atoms with E-state index in [-0.39, 0.29) is 11.9 Å². The maximum Gasteiger partial charge on any atom is 0.254 e. The Morgan fingerprint density at radius 1 is 1.22 bits per heavy atom. The fourth-order valence-electron chi connectivity index (χ4n) is 3.29. The molecule has 23 heavy (non-hydrogen) atoms. The van der Waals surface area contributed by atoms with Gasteiger partial charge in [0, 0.05) is 18.0 Å². The molecule has 0 radical (unpaired) electrons. The molecule has 0 unspecified atom stereocenters. The van der Waals surface area contributed by atoms with Gasteiger partial charge >= 0.3 is 0 Å². The molecule has 0 spiro atoms. The Hall–Kier alpha value is -2.17. The van der Waals surface area contributed by atoms with Crippen LogP contribution in [0.3, 0.4) is 0 Å². The van der Waals surface area contributed by atoms with Crippen LogP contribution >= 0.6 is 0 Å². The van der Waals surface area contributed by atoms with Crippen LogP contribution in [0.25, 0.3) is 0 Å². The first-order chi connectivity index (χ1) is 11.0. The topological polar surface area (TPSA) is 51.0 Å². The SMILES string of the molecule is Cc1ccc(C)c(C(=O)N2CCn3nc(C4CC4)nc3[C@H]2C)c1. The molecule has 1 aromatic carbocycles. The van der Waals surface area contributed by atoms with Gasteiger partial charge in [0.05, 0.1) is 12.6 Å². The summed E-state index contributed by atoms with van der Waals surface area (Å²) in [5, 5.41) is 4.63. The average molecular weight is 310 g/mol. The summed E-state index contributed by atoms with van der Waals surface area (Å²) in [5.74, 6) is 2.54. The molecule has 1 aliphatic heterocycles. The zero-order valence-corrected chi connectivity index (χ0v) is 13.9. The van der Waals surface area contributed by atoms with Crippen molar-refractivity contribution in [3.63, 3.8) is 0 Å². The third-order valence-electron chi connectivity index (χ3n) is 4.94. The van der Waals surface area contributed by atoms with E-state index in [1.165, 1.54) is 12.8 Å². The summed E-state index contributed by atoms with van der Waals surface area (Å²) >= 11 is 0. The van der Waals surface area contributed by atoms with Crippen molar-refractivity contribution < 1.29 is 4.79 Å². The van der Waals surface area contributed by atoms with Crippen molar-refractivity contribution in [3.05, 3.63) is 46.5 Å². The highest BCUT2D eigenvalue weighted by Crippen LogP contribution is 2.39. The molecule has 1 amide bonds.